The van der Waals surface area contributed by atoms with Crippen LogP contribution in [0.15, 0.2) is 30.3 Å². The van der Waals surface area contributed by atoms with Gasteiger partial charge in [-0.05, 0) is 69.2 Å². The molecule has 1 aliphatic rings. The van der Waals surface area contributed by atoms with Gasteiger partial charge in [-0.1, -0.05) is 39.8 Å². The van der Waals surface area contributed by atoms with E-state index in [1.807, 2.05) is 13.8 Å². The fourth-order valence-corrected chi connectivity index (χ4v) is 4.53. The highest BCUT2D eigenvalue weighted by Gasteiger charge is 2.35. The summed E-state index contributed by atoms with van der Waals surface area (Å²) in [6, 6.07) is 4.89. The van der Waals surface area contributed by atoms with Crippen LogP contribution in [-0.2, 0) is 33.4 Å². The van der Waals surface area contributed by atoms with E-state index >= 15 is 0 Å². The van der Waals surface area contributed by atoms with Gasteiger partial charge in [0.05, 0.1) is 6.04 Å². The van der Waals surface area contributed by atoms with E-state index in [1.54, 1.807) is 58.9 Å². The summed E-state index contributed by atoms with van der Waals surface area (Å²) in [6.07, 6.45) is 3.53. The fraction of sp³-hybridized carbons (Fsp3) is 0.576. The van der Waals surface area contributed by atoms with Crippen LogP contribution in [-0.4, -0.2) is 78.0 Å². The van der Waals surface area contributed by atoms with Crippen LogP contribution in [0.1, 0.15) is 79.7 Å². The number of esters is 1. The van der Waals surface area contributed by atoms with Crippen molar-refractivity contribution in [2.45, 2.75) is 91.8 Å². The SMILES string of the molecule is CC(C)CC(=O)NCCC(=O)N1NCCC[C@H]1C(=O)N[C@H](C(=O)COC(=O)C=Cc1ccc(NC(=O)OC(C)(C)C)cc1)C(C)C. The Morgan fingerprint density at radius 3 is 2.33 bits per heavy atom. The fourth-order valence-electron chi connectivity index (χ4n) is 4.53. The van der Waals surface area contributed by atoms with Crippen molar-refractivity contribution in [2.24, 2.45) is 11.8 Å². The highest BCUT2D eigenvalue weighted by molar-refractivity contribution is 5.95. The summed E-state index contributed by atoms with van der Waals surface area (Å²) >= 11 is 0. The molecule has 0 saturated carbocycles. The Balaban J connectivity index is 1.89. The first-order valence-electron chi connectivity index (χ1n) is 15.7. The number of carbonyl (C=O) groups excluding carboxylic acids is 6. The van der Waals surface area contributed by atoms with E-state index in [1.165, 1.54) is 17.2 Å². The Kier molecular flexibility index (Phi) is 14.9. The van der Waals surface area contributed by atoms with Gasteiger partial charge in [-0.15, -0.1) is 0 Å². The number of rotatable bonds is 14. The molecule has 1 aromatic rings. The van der Waals surface area contributed by atoms with Crippen LogP contribution in [0, 0.1) is 11.8 Å². The van der Waals surface area contributed by atoms with Gasteiger partial charge in [0, 0.05) is 37.7 Å². The van der Waals surface area contributed by atoms with E-state index in [0.717, 1.165) is 0 Å². The van der Waals surface area contributed by atoms with Crippen LogP contribution in [0.2, 0.25) is 0 Å². The molecule has 1 fully saturated rings. The Morgan fingerprint density at radius 2 is 1.72 bits per heavy atom. The van der Waals surface area contributed by atoms with Crippen molar-refractivity contribution in [3.8, 4) is 0 Å². The summed E-state index contributed by atoms with van der Waals surface area (Å²) in [6.45, 7) is 12.8. The minimum absolute atomic E-state index is 0.0176. The average molecular weight is 644 g/mol. The van der Waals surface area contributed by atoms with Crippen LogP contribution in [0.3, 0.4) is 0 Å². The predicted molar refractivity (Wildman–Crippen MR) is 173 cm³/mol. The van der Waals surface area contributed by atoms with Gasteiger partial charge in [-0.25, -0.2) is 15.0 Å². The molecule has 0 radical (unpaired) electrons. The quantitative estimate of drug-likeness (QED) is 0.175. The highest BCUT2D eigenvalue weighted by Crippen LogP contribution is 2.15. The number of hydrazine groups is 1. The number of amides is 4. The summed E-state index contributed by atoms with van der Waals surface area (Å²) in [4.78, 5) is 75.3. The van der Waals surface area contributed by atoms with E-state index in [2.05, 4.69) is 21.4 Å². The first-order chi connectivity index (χ1) is 21.6. The summed E-state index contributed by atoms with van der Waals surface area (Å²) in [7, 11) is 0. The molecule has 0 aliphatic carbocycles. The Bertz CT molecular complexity index is 1250. The molecule has 0 unspecified atom stereocenters. The standard InChI is InChI=1S/C33H49N5O8/c1-21(2)19-27(40)34-18-16-28(41)38-25(9-8-17-35-38)31(43)37-30(22(3)4)26(39)20-45-29(42)15-12-23-10-13-24(14-11-23)36-32(44)46-33(5,6)7/h10-15,21-22,25,30,35H,8-9,16-20H2,1-7H3,(H,34,40)(H,36,44)(H,37,43)/t25-,30-/m0/s1. The number of hydrogen-bond acceptors (Lipinski definition) is 9. The van der Waals surface area contributed by atoms with Crippen LogP contribution in [0.5, 0.6) is 0 Å². The summed E-state index contributed by atoms with van der Waals surface area (Å²) in [5.41, 5.74) is 3.51. The minimum Gasteiger partial charge on any atom is -0.454 e. The number of ketones is 1. The second-order valence-corrected chi connectivity index (χ2v) is 12.9. The number of anilines is 1. The Hall–Kier alpha value is -4.26. The smallest absolute Gasteiger partial charge is 0.412 e. The maximum Gasteiger partial charge on any atom is 0.412 e. The van der Waals surface area contributed by atoms with Gasteiger partial charge in [0.1, 0.15) is 11.6 Å². The average Bonchev–Trinajstić information content (AvgIpc) is 2.96. The molecule has 1 saturated heterocycles. The van der Waals surface area contributed by atoms with Crippen LogP contribution in [0.25, 0.3) is 6.08 Å². The number of ether oxygens (including phenoxy) is 2. The molecule has 254 valence electrons. The number of Topliss-reactive ketones (excluding diaryl/α,β-unsaturated/α-hetero) is 1. The van der Waals surface area contributed by atoms with E-state index in [0.29, 0.717) is 37.1 Å². The lowest BCUT2D eigenvalue weighted by Gasteiger charge is -2.36. The van der Waals surface area contributed by atoms with Gasteiger partial charge in [-0.3, -0.25) is 29.5 Å². The molecule has 1 heterocycles. The lowest BCUT2D eigenvalue weighted by Crippen LogP contribution is -2.61. The first kappa shape index (κ1) is 37.9. The molecule has 2 atom stereocenters. The maximum atomic E-state index is 13.3. The molecule has 2 rings (SSSR count). The number of nitrogens with zero attached hydrogens (tertiary/aromatic N) is 1. The molecular formula is C33H49N5O8. The van der Waals surface area contributed by atoms with E-state index < -0.39 is 48.0 Å². The van der Waals surface area contributed by atoms with Gasteiger partial charge < -0.3 is 20.1 Å². The van der Waals surface area contributed by atoms with Crippen LogP contribution in [0.4, 0.5) is 10.5 Å². The molecule has 4 amide bonds. The monoisotopic (exact) mass is 643 g/mol. The van der Waals surface area contributed by atoms with Gasteiger partial charge in [-0.2, -0.15) is 0 Å². The molecule has 0 spiro atoms. The molecule has 0 aromatic heterocycles. The molecule has 1 aliphatic heterocycles. The number of hydrogen-bond donors (Lipinski definition) is 4. The van der Waals surface area contributed by atoms with Crippen molar-refractivity contribution < 1.29 is 38.2 Å². The van der Waals surface area contributed by atoms with Crippen molar-refractivity contribution in [3.05, 3.63) is 35.9 Å². The third-order valence-corrected chi connectivity index (χ3v) is 6.71. The summed E-state index contributed by atoms with van der Waals surface area (Å²) in [5, 5.41) is 9.36. The van der Waals surface area contributed by atoms with Gasteiger partial charge >= 0.3 is 12.1 Å². The summed E-state index contributed by atoms with van der Waals surface area (Å²) in [5.74, 6) is -2.32. The number of carbonyl (C=O) groups is 6. The Labute approximate surface area is 271 Å². The van der Waals surface area contributed by atoms with Crippen LogP contribution >= 0.6 is 0 Å². The third-order valence-electron chi connectivity index (χ3n) is 6.71. The second-order valence-electron chi connectivity index (χ2n) is 12.9. The van der Waals surface area contributed by atoms with Crippen molar-refractivity contribution in [2.75, 3.05) is 25.0 Å². The second kappa shape index (κ2) is 18.0. The van der Waals surface area contributed by atoms with Crippen molar-refractivity contribution in [1.29, 1.82) is 0 Å². The van der Waals surface area contributed by atoms with E-state index in [4.69, 9.17) is 9.47 Å². The molecular weight excluding hydrogens is 594 g/mol. The van der Waals surface area contributed by atoms with E-state index in [-0.39, 0.29) is 36.6 Å². The minimum atomic E-state index is -0.941. The summed E-state index contributed by atoms with van der Waals surface area (Å²) < 4.78 is 10.4. The zero-order valence-electron chi connectivity index (χ0n) is 27.9. The van der Waals surface area contributed by atoms with Crippen molar-refractivity contribution in [3.63, 3.8) is 0 Å². The predicted octanol–water partition coefficient (Wildman–Crippen LogP) is 3.35. The molecule has 4 N–H and O–H groups in total. The third kappa shape index (κ3) is 13.8. The van der Waals surface area contributed by atoms with E-state index in [9.17, 15) is 28.8 Å². The van der Waals surface area contributed by atoms with Gasteiger partial charge in [0.2, 0.25) is 17.7 Å². The normalized spacial score (nSPS) is 15.8. The molecule has 13 heteroatoms. The van der Waals surface area contributed by atoms with Crippen LogP contribution < -0.4 is 21.4 Å². The topological polar surface area (TPSA) is 172 Å². The Morgan fingerprint density at radius 1 is 1.04 bits per heavy atom. The lowest BCUT2D eigenvalue weighted by atomic mass is 9.98. The molecule has 46 heavy (non-hydrogen) atoms. The zero-order chi connectivity index (χ0) is 34.4. The number of nitrogens with one attached hydrogen (secondary N) is 4. The molecule has 0 bridgehead atoms. The maximum absolute atomic E-state index is 13.3. The van der Waals surface area contributed by atoms with Gasteiger partial charge in [0.25, 0.3) is 0 Å². The lowest BCUT2D eigenvalue weighted by molar-refractivity contribution is -0.148. The van der Waals surface area contributed by atoms with Crippen molar-refractivity contribution >= 4 is 47.3 Å². The van der Waals surface area contributed by atoms with Gasteiger partial charge in [0.15, 0.2) is 12.4 Å². The molecule has 1 aromatic carbocycles. The zero-order valence-corrected chi connectivity index (χ0v) is 27.9. The number of benzene rings is 1. The first-order valence-corrected chi connectivity index (χ1v) is 15.7. The molecule has 13 nitrogen and oxygen atoms in total. The van der Waals surface area contributed by atoms with Crippen molar-refractivity contribution in [1.82, 2.24) is 21.1 Å². The highest BCUT2D eigenvalue weighted by atomic mass is 16.6. The largest absolute Gasteiger partial charge is 0.454 e.